The Morgan fingerprint density at radius 2 is 1.87 bits per heavy atom. The summed E-state index contributed by atoms with van der Waals surface area (Å²) >= 11 is 0. The largest absolute Gasteiger partial charge is 0.494 e. The summed E-state index contributed by atoms with van der Waals surface area (Å²) in [6.07, 6.45) is 3.96. The van der Waals surface area contributed by atoms with Gasteiger partial charge < -0.3 is 16.2 Å². The number of hydrogen-bond acceptors (Lipinski definition) is 6. The second-order valence-electron chi connectivity index (χ2n) is 5.73. The van der Waals surface area contributed by atoms with E-state index in [1.165, 1.54) is 18.1 Å². The molecule has 2 aliphatic rings. The van der Waals surface area contributed by atoms with E-state index in [1.807, 2.05) is 0 Å². The Kier molecular flexibility index (Phi) is 3.83. The number of nitrogens with two attached hydrogens (primary N) is 2. The fourth-order valence-corrected chi connectivity index (χ4v) is 3.33. The van der Waals surface area contributed by atoms with Crippen molar-refractivity contribution in [3.8, 4) is 5.75 Å². The van der Waals surface area contributed by atoms with Crippen molar-refractivity contribution in [1.29, 1.82) is 0 Å². The molecular weight excluding hydrogens is 304 g/mol. The fourth-order valence-electron chi connectivity index (χ4n) is 3.33. The molecule has 3 rings (SSSR count). The topological polar surface area (TPSA) is 89.2 Å². The highest BCUT2D eigenvalue weighted by Crippen LogP contribution is 2.42. The molecule has 0 radical (unpaired) electrons. The van der Waals surface area contributed by atoms with Crippen LogP contribution in [-0.4, -0.2) is 24.7 Å². The standard InChI is InChI=1S/C15H19F2N5O/c1-23-10-6-5-9(16)12(11(10)17)22-14(19)20-13(18)21-15(22)7-3-2-4-8-15/h5-6H,2-4,7-8H2,1H3,(H4,18,19,20,21). The van der Waals surface area contributed by atoms with Crippen molar-refractivity contribution in [2.24, 2.45) is 21.5 Å². The molecule has 1 fully saturated rings. The van der Waals surface area contributed by atoms with Gasteiger partial charge in [-0.05, 0) is 37.8 Å². The van der Waals surface area contributed by atoms with Crippen molar-refractivity contribution in [3.05, 3.63) is 23.8 Å². The molecule has 124 valence electrons. The van der Waals surface area contributed by atoms with E-state index in [4.69, 9.17) is 16.2 Å². The highest BCUT2D eigenvalue weighted by atomic mass is 19.1. The first-order valence-electron chi connectivity index (χ1n) is 7.50. The number of nitrogens with zero attached hydrogens (tertiary/aromatic N) is 3. The van der Waals surface area contributed by atoms with E-state index in [0.717, 1.165) is 25.3 Å². The normalized spacial score (nSPS) is 20.2. The highest BCUT2D eigenvalue weighted by molar-refractivity contribution is 6.05. The number of benzene rings is 1. The van der Waals surface area contributed by atoms with Crippen LogP contribution in [0.4, 0.5) is 14.5 Å². The molecule has 1 aliphatic heterocycles. The van der Waals surface area contributed by atoms with Crippen LogP contribution in [0, 0.1) is 11.6 Å². The summed E-state index contributed by atoms with van der Waals surface area (Å²) < 4.78 is 34.1. The van der Waals surface area contributed by atoms with Gasteiger partial charge in [-0.25, -0.2) is 13.8 Å². The number of halogens is 2. The van der Waals surface area contributed by atoms with E-state index >= 15 is 0 Å². The van der Waals surface area contributed by atoms with Crippen LogP contribution in [0.25, 0.3) is 0 Å². The first-order valence-corrected chi connectivity index (χ1v) is 7.50. The molecule has 1 aromatic rings. The first kappa shape index (κ1) is 15.5. The summed E-state index contributed by atoms with van der Waals surface area (Å²) in [5, 5.41) is 0. The van der Waals surface area contributed by atoms with Gasteiger partial charge >= 0.3 is 0 Å². The van der Waals surface area contributed by atoms with Gasteiger partial charge in [0.15, 0.2) is 11.6 Å². The Labute approximate surface area is 132 Å². The zero-order chi connectivity index (χ0) is 16.6. The molecule has 1 saturated carbocycles. The van der Waals surface area contributed by atoms with Crippen LogP contribution in [0.15, 0.2) is 22.1 Å². The zero-order valence-corrected chi connectivity index (χ0v) is 12.9. The number of aliphatic imine (C=N–C) groups is 2. The minimum Gasteiger partial charge on any atom is -0.494 e. The number of anilines is 1. The van der Waals surface area contributed by atoms with Crippen LogP contribution >= 0.6 is 0 Å². The van der Waals surface area contributed by atoms with Gasteiger partial charge in [-0.15, -0.1) is 0 Å². The van der Waals surface area contributed by atoms with Gasteiger partial charge in [0.05, 0.1) is 7.11 Å². The SMILES string of the molecule is COc1ccc(F)c(N2C(N)=NC(N)=NC23CCCCC3)c1F. The minimum absolute atomic E-state index is 0.0318. The molecule has 23 heavy (non-hydrogen) atoms. The minimum atomic E-state index is -0.901. The van der Waals surface area contributed by atoms with Crippen LogP contribution in [0.1, 0.15) is 32.1 Å². The average molecular weight is 323 g/mol. The van der Waals surface area contributed by atoms with Crippen molar-refractivity contribution in [1.82, 2.24) is 0 Å². The lowest BCUT2D eigenvalue weighted by Crippen LogP contribution is -2.58. The van der Waals surface area contributed by atoms with Crippen molar-refractivity contribution < 1.29 is 13.5 Å². The van der Waals surface area contributed by atoms with E-state index in [0.29, 0.717) is 12.8 Å². The van der Waals surface area contributed by atoms with Gasteiger partial charge in [0.2, 0.25) is 11.9 Å². The maximum Gasteiger partial charge on any atom is 0.220 e. The summed E-state index contributed by atoms with van der Waals surface area (Å²) in [5.41, 5.74) is 10.5. The van der Waals surface area contributed by atoms with Gasteiger partial charge in [-0.2, -0.15) is 4.99 Å². The molecule has 6 nitrogen and oxygen atoms in total. The number of hydrogen-bond donors (Lipinski definition) is 2. The van der Waals surface area contributed by atoms with Crippen LogP contribution < -0.4 is 21.1 Å². The molecule has 1 spiro atoms. The van der Waals surface area contributed by atoms with Gasteiger partial charge in [0, 0.05) is 0 Å². The zero-order valence-electron chi connectivity index (χ0n) is 12.9. The van der Waals surface area contributed by atoms with Gasteiger partial charge in [0.25, 0.3) is 0 Å². The van der Waals surface area contributed by atoms with E-state index in [-0.39, 0.29) is 23.4 Å². The Morgan fingerprint density at radius 1 is 1.17 bits per heavy atom. The quantitative estimate of drug-likeness (QED) is 0.872. The van der Waals surface area contributed by atoms with E-state index in [9.17, 15) is 8.78 Å². The van der Waals surface area contributed by atoms with Crippen LogP contribution in [0.2, 0.25) is 0 Å². The molecule has 8 heteroatoms. The summed E-state index contributed by atoms with van der Waals surface area (Å²) in [4.78, 5) is 9.63. The van der Waals surface area contributed by atoms with Crippen molar-refractivity contribution in [2.45, 2.75) is 37.8 Å². The third kappa shape index (κ3) is 2.47. The Bertz CT molecular complexity index is 683. The molecule has 0 aromatic heterocycles. The predicted molar refractivity (Wildman–Crippen MR) is 84.4 cm³/mol. The summed E-state index contributed by atoms with van der Waals surface area (Å²) in [6, 6.07) is 2.37. The Morgan fingerprint density at radius 3 is 2.52 bits per heavy atom. The molecule has 1 heterocycles. The maximum absolute atomic E-state index is 14.7. The molecule has 0 amide bonds. The van der Waals surface area contributed by atoms with Crippen molar-refractivity contribution in [2.75, 3.05) is 12.0 Å². The number of rotatable bonds is 2. The molecule has 0 bridgehead atoms. The van der Waals surface area contributed by atoms with E-state index in [1.54, 1.807) is 0 Å². The molecule has 1 aromatic carbocycles. The van der Waals surface area contributed by atoms with E-state index in [2.05, 4.69) is 9.98 Å². The van der Waals surface area contributed by atoms with Gasteiger partial charge in [0.1, 0.15) is 17.2 Å². The van der Waals surface area contributed by atoms with Gasteiger partial charge in [-0.1, -0.05) is 6.42 Å². The fraction of sp³-hybridized carbons (Fsp3) is 0.467. The van der Waals surface area contributed by atoms with E-state index < -0.39 is 17.3 Å². The summed E-state index contributed by atoms with van der Waals surface area (Å²) in [7, 11) is 1.32. The van der Waals surface area contributed by atoms with Crippen LogP contribution in [0.5, 0.6) is 5.75 Å². The summed E-state index contributed by atoms with van der Waals surface area (Å²) in [5.74, 6) is -1.68. The Balaban J connectivity index is 2.18. The Hall–Kier alpha value is -2.38. The molecule has 0 atom stereocenters. The predicted octanol–water partition coefficient (Wildman–Crippen LogP) is 2.08. The number of guanidine groups is 2. The molecule has 4 N–H and O–H groups in total. The van der Waals surface area contributed by atoms with Crippen molar-refractivity contribution >= 4 is 17.6 Å². The lowest BCUT2D eigenvalue weighted by Gasteiger charge is -2.45. The second-order valence-corrected chi connectivity index (χ2v) is 5.73. The smallest absolute Gasteiger partial charge is 0.220 e. The number of ether oxygens (including phenoxy) is 1. The lowest BCUT2D eigenvalue weighted by molar-refractivity contribution is 0.300. The first-order chi connectivity index (χ1) is 11.0. The molecular formula is C15H19F2N5O. The maximum atomic E-state index is 14.7. The summed E-state index contributed by atoms with van der Waals surface area (Å²) in [6.45, 7) is 0. The second kappa shape index (κ2) is 5.68. The average Bonchev–Trinajstić information content (AvgIpc) is 2.50. The molecule has 1 aliphatic carbocycles. The highest BCUT2D eigenvalue weighted by Gasteiger charge is 2.45. The number of methoxy groups -OCH3 is 1. The van der Waals surface area contributed by atoms with Crippen LogP contribution in [-0.2, 0) is 0 Å². The van der Waals surface area contributed by atoms with Crippen molar-refractivity contribution in [3.63, 3.8) is 0 Å². The molecule has 0 unspecified atom stereocenters. The monoisotopic (exact) mass is 323 g/mol. The van der Waals surface area contributed by atoms with Gasteiger partial charge in [-0.3, -0.25) is 4.90 Å². The van der Waals surface area contributed by atoms with Crippen LogP contribution in [0.3, 0.4) is 0 Å². The lowest BCUT2D eigenvalue weighted by atomic mass is 9.87. The third-order valence-electron chi connectivity index (χ3n) is 4.33. The molecule has 0 saturated heterocycles. The third-order valence-corrected chi connectivity index (χ3v) is 4.33.